The number of ether oxygens (including phenoxy) is 1. The number of hydrogen-bond donors (Lipinski definition) is 1. The SMILES string of the molecule is COc1ccc(Cl)cc1CC(O)C1Cc2ccccc2C1. The number of halogens is 1. The Kier molecular flexibility index (Phi) is 4.18. The normalized spacial score (nSPS) is 15.8. The molecule has 0 aromatic heterocycles. The molecule has 0 amide bonds. The maximum Gasteiger partial charge on any atom is 0.122 e. The second-order valence-electron chi connectivity index (χ2n) is 5.66. The van der Waals surface area contributed by atoms with Crippen molar-refractivity contribution in [2.75, 3.05) is 7.11 Å². The second kappa shape index (κ2) is 6.08. The standard InChI is InChI=1S/C18H19ClO2/c1-21-18-7-6-16(19)10-15(18)11-17(20)14-8-12-4-2-3-5-13(12)9-14/h2-7,10,14,17,20H,8-9,11H2,1H3. The lowest BCUT2D eigenvalue weighted by molar-refractivity contribution is 0.112. The monoisotopic (exact) mass is 302 g/mol. The van der Waals surface area contributed by atoms with Gasteiger partial charge >= 0.3 is 0 Å². The van der Waals surface area contributed by atoms with Crippen LogP contribution in [0.3, 0.4) is 0 Å². The van der Waals surface area contributed by atoms with E-state index in [1.165, 1.54) is 11.1 Å². The predicted molar refractivity (Wildman–Crippen MR) is 85.1 cm³/mol. The van der Waals surface area contributed by atoms with Gasteiger partial charge < -0.3 is 9.84 Å². The summed E-state index contributed by atoms with van der Waals surface area (Å²) in [6.45, 7) is 0. The molecule has 1 atom stereocenters. The molecule has 0 heterocycles. The number of methoxy groups -OCH3 is 1. The van der Waals surface area contributed by atoms with E-state index in [1.54, 1.807) is 7.11 Å². The van der Waals surface area contributed by atoms with Crippen molar-refractivity contribution in [2.45, 2.75) is 25.4 Å². The van der Waals surface area contributed by atoms with E-state index in [0.29, 0.717) is 11.4 Å². The summed E-state index contributed by atoms with van der Waals surface area (Å²) >= 11 is 6.05. The molecule has 0 saturated heterocycles. The van der Waals surface area contributed by atoms with Gasteiger partial charge in [0.1, 0.15) is 5.75 Å². The van der Waals surface area contributed by atoms with Crippen LogP contribution < -0.4 is 4.74 Å². The summed E-state index contributed by atoms with van der Waals surface area (Å²) in [7, 11) is 1.64. The summed E-state index contributed by atoms with van der Waals surface area (Å²) in [6.07, 6.45) is 2.08. The Bertz CT molecular complexity index is 614. The van der Waals surface area contributed by atoms with Crippen LogP contribution in [-0.2, 0) is 19.3 Å². The second-order valence-corrected chi connectivity index (χ2v) is 6.10. The first-order valence-corrected chi connectivity index (χ1v) is 7.62. The van der Waals surface area contributed by atoms with Crippen LogP contribution in [0.2, 0.25) is 5.02 Å². The molecule has 2 nitrogen and oxygen atoms in total. The van der Waals surface area contributed by atoms with Crippen LogP contribution in [0.1, 0.15) is 16.7 Å². The van der Waals surface area contributed by atoms with Gasteiger partial charge in [-0.05, 0) is 53.6 Å². The lowest BCUT2D eigenvalue weighted by Gasteiger charge is -2.19. The topological polar surface area (TPSA) is 29.5 Å². The lowest BCUT2D eigenvalue weighted by atomic mass is 9.93. The zero-order valence-corrected chi connectivity index (χ0v) is 12.8. The van der Waals surface area contributed by atoms with E-state index in [0.717, 1.165) is 24.2 Å². The molecule has 0 saturated carbocycles. The Labute approximate surface area is 130 Å². The number of aliphatic hydroxyl groups excluding tert-OH is 1. The van der Waals surface area contributed by atoms with Gasteiger partial charge in [-0.3, -0.25) is 0 Å². The number of fused-ring (bicyclic) bond motifs is 1. The fourth-order valence-corrected chi connectivity index (χ4v) is 3.36. The van der Waals surface area contributed by atoms with E-state index < -0.39 is 0 Å². The van der Waals surface area contributed by atoms with E-state index >= 15 is 0 Å². The van der Waals surface area contributed by atoms with Crippen molar-refractivity contribution in [2.24, 2.45) is 5.92 Å². The highest BCUT2D eigenvalue weighted by Crippen LogP contribution is 2.32. The Balaban J connectivity index is 1.73. The third-order valence-electron chi connectivity index (χ3n) is 4.30. The van der Waals surface area contributed by atoms with Crippen LogP contribution in [0.5, 0.6) is 5.75 Å². The lowest BCUT2D eigenvalue weighted by Crippen LogP contribution is -2.23. The first-order valence-electron chi connectivity index (χ1n) is 7.24. The average molecular weight is 303 g/mol. The Morgan fingerprint density at radius 3 is 2.48 bits per heavy atom. The first-order chi connectivity index (χ1) is 10.2. The Hall–Kier alpha value is -1.51. The van der Waals surface area contributed by atoms with E-state index in [-0.39, 0.29) is 12.0 Å². The minimum atomic E-state index is -0.384. The molecule has 21 heavy (non-hydrogen) atoms. The van der Waals surface area contributed by atoms with Gasteiger partial charge in [0.2, 0.25) is 0 Å². The summed E-state index contributed by atoms with van der Waals surface area (Å²) in [5.74, 6) is 1.06. The van der Waals surface area contributed by atoms with Crippen LogP contribution in [0.25, 0.3) is 0 Å². The minimum absolute atomic E-state index is 0.270. The fraction of sp³-hybridized carbons (Fsp3) is 0.333. The molecule has 1 aliphatic rings. The van der Waals surface area contributed by atoms with Crippen LogP contribution in [0, 0.1) is 5.92 Å². The summed E-state index contributed by atoms with van der Waals surface area (Å²) in [4.78, 5) is 0. The van der Waals surface area contributed by atoms with Gasteiger partial charge in [-0.15, -0.1) is 0 Å². The zero-order valence-electron chi connectivity index (χ0n) is 12.1. The van der Waals surface area contributed by atoms with E-state index in [9.17, 15) is 5.11 Å². The smallest absolute Gasteiger partial charge is 0.122 e. The number of rotatable bonds is 4. The highest BCUT2D eigenvalue weighted by atomic mass is 35.5. The molecule has 3 rings (SSSR count). The molecule has 110 valence electrons. The minimum Gasteiger partial charge on any atom is -0.496 e. The van der Waals surface area contributed by atoms with Gasteiger partial charge in [-0.2, -0.15) is 0 Å². The number of aliphatic hydroxyl groups is 1. The zero-order chi connectivity index (χ0) is 14.8. The predicted octanol–water partition coefficient (Wildman–Crippen LogP) is 3.67. The quantitative estimate of drug-likeness (QED) is 0.934. The number of benzene rings is 2. The molecule has 0 radical (unpaired) electrons. The summed E-state index contributed by atoms with van der Waals surface area (Å²) < 4.78 is 5.36. The van der Waals surface area contributed by atoms with Crippen LogP contribution in [0.4, 0.5) is 0 Å². The number of hydrogen-bond acceptors (Lipinski definition) is 2. The molecular formula is C18H19ClO2. The Morgan fingerprint density at radius 2 is 1.86 bits per heavy atom. The molecule has 1 aliphatic carbocycles. The molecule has 0 bridgehead atoms. The average Bonchev–Trinajstić information content (AvgIpc) is 2.91. The van der Waals surface area contributed by atoms with Gasteiger partial charge in [-0.25, -0.2) is 0 Å². The van der Waals surface area contributed by atoms with Crippen molar-refractivity contribution in [3.8, 4) is 5.75 Å². The highest BCUT2D eigenvalue weighted by Gasteiger charge is 2.27. The molecular weight excluding hydrogens is 284 g/mol. The van der Waals surface area contributed by atoms with Gasteiger partial charge in [0.25, 0.3) is 0 Å². The maximum absolute atomic E-state index is 10.6. The van der Waals surface area contributed by atoms with Crippen LogP contribution in [0.15, 0.2) is 42.5 Å². The van der Waals surface area contributed by atoms with Crippen LogP contribution >= 0.6 is 11.6 Å². The van der Waals surface area contributed by atoms with Crippen molar-refractivity contribution in [3.05, 3.63) is 64.2 Å². The molecule has 2 aromatic rings. The van der Waals surface area contributed by atoms with Gasteiger partial charge in [0.15, 0.2) is 0 Å². The molecule has 3 heteroatoms. The maximum atomic E-state index is 10.6. The molecule has 1 unspecified atom stereocenters. The van der Waals surface area contributed by atoms with Crippen molar-refractivity contribution in [1.82, 2.24) is 0 Å². The van der Waals surface area contributed by atoms with E-state index in [2.05, 4.69) is 24.3 Å². The third kappa shape index (κ3) is 3.07. The van der Waals surface area contributed by atoms with E-state index in [1.807, 2.05) is 18.2 Å². The van der Waals surface area contributed by atoms with Gasteiger partial charge in [-0.1, -0.05) is 35.9 Å². The molecule has 0 spiro atoms. The first kappa shape index (κ1) is 14.4. The van der Waals surface area contributed by atoms with Crippen molar-refractivity contribution in [3.63, 3.8) is 0 Å². The van der Waals surface area contributed by atoms with Crippen LogP contribution in [-0.4, -0.2) is 18.3 Å². The third-order valence-corrected chi connectivity index (χ3v) is 4.53. The molecule has 0 aliphatic heterocycles. The van der Waals surface area contributed by atoms with E-state index in [4.69, 9.17) is 16.3 Å². The molecule has 0 fully saturated rings. The fourth-order valence-electron chi connectivity index (χ4n) is 3.16. The van der Waals surface area contributed by atoms with Crippen molar-refractivity contribution >= 4 is 11.6 Å². The summed E-state index contributed by atoms with van der Waals surface area (Å²) in [5.41, 5.74) is 3.69. The summed E-state index contributed by atoms with van der Waals surface area (Å²) in [6, 6.07) is 14.0. The van der Waals surface area contributed by atoms with Crippen molar-refractivity contribution in [1.29, 1.82) is 0 Å². The highest BCUT2D eigenvalue weighted by molar-refractivity contribution is 6.30. The Morgan fingerprint density at radius 1 is 1.19 bits per heavy atom. The van der Waals surface area contributed by atoms with Gasteiger partial charge in [0.05, 0.1) is 13.2 Å². The van der Waals surface area contributed by atoms with Crippen molar-refractivity contribution < 1.29 is 9.84 Å². The largest absolute Gasteiger partial charge is 0.496 e. The molecule has 2 aromatic carbocycles. The van der Waals surface area contributed by atoms with Gasteiger partial charge in [0, 0.05) is 11.4 Å². The molecule has 1 N–H and O–H groups in total. The summed E-state index contributed by atoms with van der Waals surface area (Å²) in [5, 5.41) is 11.3.